The monoisotopic (exact) mass is 457 g/mol. The Morgan fingerprint density at radius 1 is 1.22 bits per heavy atom. The van der Waals surface area contributed by atoms with Crippen molar-refractivity contribution in [3.8, 4) is 0 Å². The van der Waals surface area contributed by atoms with Gasteiger partial charge in [0.25, 0.3) is 5.56 Å². The van der Waals surface area contributed by atoms with Crippen LogP contribution in [0, 0.1) is 17.6 Å². The molecule has 0 aliphatic carbocycles. The number of rotatable bonds is 7. The van der Waals surface area contributed by atoms with Crippen molar-refractivity contribution in [3.05, 3.63) is 64.5 Å². The largest absolute Gasteiger partial charge is 0.448 e. The van der Waals surface area contributed by atoms with Crippen LogP contribution in [-0.2, 0) is 11.3 Å². The normalized spacial score (nSPS) is 11.5. The van der Waals surface area contributed by atoms with Gasteiger partial charge in [0, 0.05) is 18.0 Å². The van der Waals surface area contributed by atoms with Gasteiger partial charge in [0.15, 0.2) is 5.16 Å². The average Bonchev–Trinajstić information content (AvgIpc) is 3.12. The number of aromatic nitrogens is 2. The molecule has 6 nitrogen and oxygen atoms in total. The van der Waals surface area contributed by atoms with Crippen molar-refractivity contribution in [2.75, 3.05) is 11.1 Å². The Bertz CT molecular complexity index is 1360. The number of para-hydroxylation sites is 1. The number of thioether (sulfide) groups is 1. The van der Waals surface area contributed by atoms with E-state index in [1.54, 1.807) is 6.07 Å². The van der Waals surface area contributed by atoms with E-state index < -0.39 is 17.5 Å². The Labute approximate surface area is 186 Å². The molecule has 0 aliphatic heterocycles. The summed E-state index contributed by atoms with van der Waals surface area (Å²) >= 11 is 1.08. The van der Waals surface area contributed by atoms with Gasteiger partial charge < -0.3 is 9.73 Å². The van der Waals surface area contributed by atoms with Crippen LogP contribution in [0.4, 0.5) is 14.5 Å². The zero-order valence-electron chi connectivity index (χ0n) is 17.5. The van der Waals surface area contributed by atoms with Crippen molar-refractivity contribution in [2.24, 2.45) is 5.92 Å². The molecule has 32 heavy (non-hydrogen) atoms. The van der Waals surface area contributed by atoms with Crippen LogP contribution in [0.2, 0.25) is 0 Å². The van der Waals surface area contributed by atoms with Gasteiger partial charge in [0.2, 0.25) is 11.5 Å². The number of furan rings is 1. The molecule has 0 atom stereocenters. The third-order valence-corrected chi connectivity index (χ3v) is 5.89. The van der Waals surface area contributed by atoms with E-state index in [2.05, 4.69) is 24.1 Å². The molecule has 2 aromatic carbocycles. The average molecular weight is 458 g/mol. The van der Waals surface area contributed by atoms with Crippen molar-refractivity contribution in [3.63, 3.8) is 0 Å². The summed E-state index contributed by atoms with van der Waals surface area (Å²) in [7, 11) is 0. The maximum atomic E-state index is 13.8. The van der Waals surface area contributed by atoms with Crippen LogP contribution < -0.4 is 10.9 Å². The first kappa shape index (κ1) is 22.0. The molecule has 4 aromatic rings. The Balaban J connectivity index is 1.64. The number of nitrogens with zero attached hydrogens (tertiary/aromatic N) is 2. The summed E-state index contributed by atoms with van der Waals surface area (Å²) in [4.78, 5) is 30.2. The molecule has 2 aromatic heterocycles. The first-order chi connectivity index (χ1) is 15.3. The molecule has 0 bridgehead atoms. The lowest BCUT2D eigenvalue weighted by Gasteiger charge is -2.13. The molecule has 9 heteroatoms. The Kier molecular flexibility index (Phi) is 6.27. The van der Waals surface area contributed by atoms with Crippen molar-refractivity contribution in [1.82, 2.24) is 9.55 Å². The zero-order valence-corrected chi connectivity index (χ0v) is 18.3. The van der Waals surface area contributed by atoms with Gasteiger partial charge in [-0.15, -0.1) is 0 Å². The fraction of sp³-hybridized carbons (Fsp3) is 0.261. The van der Waals surface area contributed by atoms with Crippen LogP contribution in [0.5, 0.6) is 0 Å². The van der Waals surface area contributed by atoms with E-state index in [9.17, 15) is 18.4 Å². The summed E-state index contributed by atoms with van der Waals surface area (Å²) < 4.78 is 34.2. The Hall–Kier alpha value is -3.20. The number of anilines is 1. The third kappa shape index (κ3) is 4.52. The molecule has 0 radical (unpaired) electrons. The van der Waals surface area contributed by atoms with E-state index in [0.717, 1.165) is 35.7 Å². The minimum Gasteiger partial charge on any atom is -0.448 e. The molecule has 0 saturated heterocycles. The van der Waals surface area contributed by atoms with Crippen LogP contribution in [0.15, 0.2) is 56.8 Å². The highest BCUT2D eigenvalue weighted by Gasteiger charge is 2.19. The van der Waals surface area contributed by atoms with E-state index in [0.29, 0.717) is 34.8 Å². The predicted octanol–water partition coefficient (Wildman–Crippen LogP) is 5.20. The molecule has 166 valence electrons. The molecule has 0 aliphatic rings. The molecule has 4 rings (SSSR count). The summed E-state index contributed by atoms with van der Waals surface area (Å²) in [5, 5.41) is 3.52. The van der Waals surface area contributed by atoms with Gasteiger partial charge in [0.1, 0.15) is 22.7 Å². The highest BCUT2D eigenvalue weighted by atomic mass is 32.2. The molecule has 0 saturated carbocycles. The van der Waals surface area contributed by atoms with Crippen LogP contribution in [0.3, 0.4) is 0 Å². The summed E-state index contributed by atoms with van der Waals surface area (Å²) in [6, 6.07) is 10.2. The second-order valence-electron chi connectivity index (χ2n) is 7.77. The highest BCUT2D eigenvalue weighted by Crippen LogP contribution is 2.27. The molecule has 1 amide bonds. The smallest absolute Gasteiger partial charge is 0.297 e. The topological polar surface area (TPSA) is 77.1 Å². The van der Waals surface area contributed by atoms with Gasteiger partial charge in [-0.05, 0) is 36.6 Å². The van der Waals surface area contributed by atoms with Gasteiger partial charge >= 0.3 is 0 Å². The lowest BCUT2D eigenvalue weighted by Crippen LogP contribution is -2.24. The lowest BCUT2D eigenvalue weighted by atomic mass is 10.1. The number of fused-ring (bicyclic) bond motifs is 3. The van der Waals surface area contributed by atoms with Gasteiger partial charge in [-0.1, -0.05) is 37.7 Å². The minimum atomic E-state index is -0.860. The number of nitrogens with one attached hydrogen (secondary N) is 1. The standard InChI is InChI=1S/C23H21F2N3O3S/c1-13(2)9-10-28-22(30)21-20(15-5-3-4-6-18(15)31-21)27-23(28)32-12-19(29)26-17-8-7-14(24)11-16(17)25/h3-8,11,13H,9-10,12H2,1-2H3,(H,26,29). The van der Waals surface area contributed by atoms with Gasteiger partial charge in [-0.3, -0.25) is 14.2 Å². The number of hydrogen-bond acceptors (Lipinski definition) is 5. The van der Waals surface area contributed by atoms with E-state index >= 15 is 0 Å². The van der Waals surface area contributed by atoms with Gasteiger partial charge in [-0.25, -0.2) is 13.8 Å². The molecule has 1 N–H and O–H groups in total. The van der Waals surface area contributed by atoms with E-state index in [-0.39, 0.29) is 22.6 Å². The Morgan fingerprint density at radius 2 is 2.00 bits per heavy atom. The number of halogens is 2. The number of carbonyl (C=O) groups is 1. The van der Waals surface area contributed by atoms with Crippen LogP contribution in [0.1, 0.15) is 20.3 Å². The summed E-state index contributed by atoms with van der Waals surface area (Å²) in [6.45, 7) is 4.53. The van der Waals surface area contributed by atoms with Crippen LogP contribution in [-0.4, -0.2) is 21.2 Å². The molecule has 0 unspecified atom stereocenters. The molecular weight excluding hydrogens is 436 g/mol. The summed E-state index contributed by atoms with van der Waals surface area (Å²) in [6.07, 6.45) is 0.744. The first-order valence-corrected chi connectivity index (χ1v) is 11.1. The molecular formula is C23H21F2N3O3S. The quantitative estimate of drug-likeness (QED) is 0.305. The van der Waals surface area contributed by atoms with E-state index in [1.165, 1.54) is 4.57 Å². The molecule has 2 heterocycles. The number of carbonyl (C=O) groups excluding carboxylic acids is 1. The maximum Gasteiger partial charge on any atom is 0.297 e. The fourth-order valence-corrected chi connectivity index (χ4v) is 4.07. The molecule has 0 fully saturated rings. The lowest BCUT2D eigenvalue weighted by molar-refractivity contribution is -0.113. The van der Waals surface area contributed by atoms with Crippen LogP contribution >= 0.6 is 11.8 Å². The zero-order chi connectivity index (χ0) is 22.8. The van der Waals surface area contributed by atoms with Crippen molar-refractivity contribution < 1.29 is 18.0 Å². The second-order valence-corrected chi connectivity index (χ2v) is 8.71. The van der Waals surface area contributed by atoms with Gasteiger partial charge in [-0.2, -0.15) is 0 Å². The predicted molar refractivity (Wildman–Crippen MR) is 121 cm³/mol. The number of amides is 1. The summed E-state index contributed by atoms with van der Waals surface area (Å²) in [5.41, 5.74) is 0.767. The fourth-order valence-electron chi connectivity index (χ4n) is 3.26. The summed E-state index contributed by atoms with van der Waals surface area (Å²) in [5.74, 6) is -1.83. The Morgan fingerprint density at radius 3 is 2.75 bits per heavy atom. The number of hydrogen-bond donors (Lipinski definition) is 1. The van der Waals surface area contributed by atoms with Crippen molar-refractivity contribution >= 4 is 45.4 Å². The maximum absolute atomic E-state index is 13.8. The third-order valence-electron chi connectivity index (χ3n) is 4.91. The first-order valence-electron chi connectivity index (χ1n) is 10.1. The SMILES string of the molecule is CC(C)CCn1c(SCC(=O)Nc2ccc(F)cc2F)nc2c(oc3ccccc32)c1=O. The van der Waals surface area contributed by atoms with E-state index in [4.69, 9.17) is 4.42 Å². The highest BCUT2D eigenvalue weighted by molar-refractivity contribution is 7.99. The van der Waals surface area contributed by atoms with Crippen molar-refractivity contribution in [2.45, 2.75) is 32.0 Å². The minimum absolute atomic E-state index is 0.105. The van der Waals surface area contributed by atoms with E-state index in [1.807, 2.05) is 18.2 Å². The van der Waals surface area contributed by atoms with Crippen LogP contribution in [0.25, 0.3) is 22.1 Å². The number of benzene rings is 2. The van der Waals surface area contributed by atoms with Gasteiger partial charge in [0.05, 0.1) is 11.4 Å². The molecule has 0 spiro atoms. The second kappa shape index (κ2) is 9.12. The van der Waals surface area contributed by atoms with Crippen molar-refractivity contribution in [1.29, 1.82) is 0 Å².